The van der Waals surface area contributed by atoms with Gasteiger partial charge < -0.3 is 39.8 Å². The van der Waals surface area contributed by atoms with Gasteiger partial charge in [-0.1, -0.05) is 67.6 Å². The van der Waals surface area contributed by atoms with Crippen LogP contribution in [0.5, 0.6) is 0 Å². The molecule has 5 amide bonds. The first-order valence-electron chi connectivity index (χ1n) is 19.6. The number of ether oxygens (including phenoxy) is 3. The number of carboxylic acid groups (broad SMARTS) is 1. The van der Waals surface area contributed by atoms with E-state index in [4.69, 9.17) is 14.2 Å². The fourth-order valence-corrected chi connectivity index (χ4v) is 7.57. The number of carbonyl (C=O) groups excluding carboxylic acids is 7. The van der Waals surface area contributed by atoms with E-state index in [-0.39, 0.29) is 38.6 Å². The highest BCUT2D eigenvalue weighted by Crippen LogP contribution is 2.27. The maximum Gasteiger partial charge on any atom is 0.408 e. The summed E-state index contributed by atoms with van der Waals surface area (Å²) in [5, 5.41) is 14.7. The number of hydrogen-bond acceptors (Lipinski definition) is 11. The second-order valence-corrected chi connectivity index (χ2v) is 15.0. The molecule has 17 nitrogen and oxygen atoms in total. The second kappa shape index (κ2) is 19.9. The number of amides is 5. The number of nitrogens with zero attached hydrogens (tertiary/aromatic N) is 3. The van der Waals surface area contributed by atoms with E-state index in [2.05, 4.69) is 10.6 Å². The molecule has 3 heterocycles. The van der Waals surface area contributed by atoms with Crippen molar-refractivity contribution in [3.63, 3.8) is 0 Å². The molecule has 7 atom stereocenters. The third-order valence-corrected chi connectivity index (χ3v) is 10.6. The van der Waals surface area contributed by atoms with Gasteiger partial charge in [0.25, 0.3) is 0 Å². The lowest BCUT2D eigenvalue weighted by Gasteiger charge is -2.38. The number of rotatable bonds is 14. The Kier molecular flexibility index (Phi) is 14.8. The third-order valence-electron chi connectivity index (χ3n) is 10.6. The Hall–Kier alpha value is -6.00. The van der Waals surface area contributed by atoms with Gasteiger partial charge in [-0.2, -0.15) is 0 Å². The summed E-state index contributed by atoms with van der Waals surface area (Å²) in [7, 11) is 0. The Balaban J connectivity index is 1.23. The molecule has 0 aliphatic carbocycles. The summed E-state index contributed by atoms with van der Waals surface area (Å²) in [5.41, 5.74) is 0.976. The first kappa shape index (κ1) is 43.1. The molecule has 3 N–H and O–H groups in total. The lowest BCUT2D eigenvalue weighted by Crippen LogP contribution is -2.59. The van der Waals surface area contributed by atoms with Crippen molar-refractivity contribution in [2.24, 2.45) is 5.92 Å². The van der Waals surface area contributed by atoms with Crippen LogP contribution in [-0.2, 0) is 44.8 Å². The van der Waals surface area contributed by atoms with E-state index >= 15 is 0 Å². The molecule has 2 aromatic rings. The number of likely N-dealkylation sites (tertiary alicyclic amines) is 3. The van der Waals surface area contributed by atoms with Crippen LogP contribution in [0.25, 0.3) is 0 Å². The fraction of sp³-hybridized carbons (Fsp3) is 0.512. The number of ketones is 1. The molecule has 17 heteroatoms. The number of benzene rings is 2. The van der Waals surface area contributed by atoms with Crippen LogP contribution in [0.4, 0.5) is 9.59 Å². The zero-order valence-corrected chi connectivity index (χ0v) is 32.9. The van der Waals surface area contributed by atoms with Crippen LogP contribution in [-0.4, -0.2) is 130 Å². The summed E-state index contributed by atoms with van der Waals surface area (Å²) >= 11 is 0. The standard InChI is InChI=1S/C41H51N5O12/c1-25-21-32(46(22-25)36(49)26(2)42-35(48)30-17-10-11-19-44(30)37(50)31-18-12-20-45(31)41(54)55)38(51)58-27(3)34(43-40(53)57-23-28-13-6-4-7-14-28)39(52)56-24-33(47)29-15-8-5-9-16-29/h4-9,13-16,25-27,30-32,34H,10-12,17-24H2,1-3H3,(H,42,48)(H,43,53)(H,54,55)/t25-,26-,27-,30-,31-,32-,34-/m0/s1. The number of piperidine rings is 1. The Labute approximate surface area is 336 Å². The molecule has 312 valence electrons. The highest BCUT2D eigenvalue weighted by molar-refractivity contribution is 5.98. The van der Waals surface area contributed by atoms with Crippen molar-refractivity contribution in [2.75, 3.05) is 26.2 Å². The van der Waals surface area contributed by atoms with Gasteiger partial charge in [-0.3, -0.25) is 24.1 Å². The molecule has 3 aliphatic heterocycles. The van der Waals surface area contributed by atoms with E-state index < -0.39 is 90.5 Å². The molecular weight excluding hydrogens is 754 g/mol. The van der Waals surface area contributed by atoms with Gasteiger partial charge in [0.15, 0.2) is 18.4 Å². The van der Waals surface area contributed by atoms with Crippen molar-refractivity contribution in [1.29, 1.82) is 0 Å². The number of alkyl carbamates (subject to hydrolysis) is 1. The first-order chi connectivity index (χ1) is 27.7. The van der Waals surface area contributed by atoms with Gasteiger partial charge in [-0.15, -0.1) is 0 Å². The van der Waals surface area contributed by atoms with Crippen molar-refractivity contribution in [3.05, 3.63) is 71.8 Å². The average Bonchev–Trinajstić information content (AvgIpc) is 3.89. The van der Waals surface area contributed by atoms with Crippen LogP contribution in [0.15, 0.2) is 60.7 Å². The van der Waals surface area contributed by atoms with Gasteiger partial charge in [0.2, 0.25) is 17.7 Å². The first-order valence-corrected chi connectivity index (χ1v) is 19.6. The quantitative estimate of drug-likeness (QED) is 0.143. The number of Topliss-reactive ketones (excluding diaryl/α,β-unsaturated/α-hetero) is 1. The predicted octanol–water partition coefficient (Wildman–Crippen LogP) is 2.90. The average molecular weight is 806 g/mol. The monoisotopic (exact) mass is 805 g/mol. The van der Waals surface area contributed by atoms with Crippen molar-refractivity contribution in [1.82, 2.24) is 25.3 Å². The fourth-order valence-electron chi connectivity index (χ4n) is 7.57. The minimum atomic E-state index is -1.61. The zero-order valence-electron chi connectivity index (χ0n) is 32.9. The Morgan fingerprint density at radius 1 is 0.776 bits per heavy atom. The molecule has 0 unspecified atom stereocenters. The Bertz CT molecular complexity index is 1830. The molecule has 0 saturated carbocycles. The van der Waals surface area contributed by atoms with Crippen LogP contribution in [0.2, 0.25) is 0 Å². The maximum atomic E-state index is 13.9. The summed E-state index contributed by atoms with van der Waals surface area (Å²) in [6.45, 7) is 4.55. The van der Waals surface area contributed by atoms with Gasteiger partial charge in [0.05, 0.1) is 0 Å². The number of nitrogens with one attached hydrogen (secondary N) is 2. The van der Waals surface area contributed by atoms with E-state index in [1.54, 1.807) is 60.7 Å². The minimum Gasteiger partial charge on any atom is -0.465 e. The second-order valence-electron chi connectivity index (χ2n) is 15.0. The Morgan fingerprint density at radius 2 is 1.43 bits per heavy atom. The van der Waals surface area contributed by atoms with Crippen LogP contribution in [0, 0.1) is 5.92 Å². The van der Waals surface area contributed by atoms with Gasteiger partial charge in [-0.25, -0.2) is 19.2 Å². The summed E-state index contributed by atoms with van der Waals surface area (Å²) in [6, 6.07) is 11.3. The molecule has 3 saturated heterocycles. The molecule has 58 heavy (non-hydrogen) atoms. The van der Waals surface area contributed by atoms with Gasteiger partial charge >= 0.3 is 24.1 Å². The molecule has 0 radical (unpaired) electrons. The predicted molar refractivity (Wildman–Crippen MR) is 205 cm³/mol. The molecule has 0 aromatic heterocycles. The largest absolute Gasteiger partial charge is 0.465 e. The van der Waals surface area contributed by atoms with Gasteiger partial charge in [-0.05, 0) is 63.9 Å². The molecule has 3 aliphatic rings. The zero-order chi connectivity index (χ0) is 41.9. The normalized spacial score (nSPS) is 21.9. The topological polar surface area (TPSA) is 218 Å². The molecule has 5 rings (SSSR count). The molecule has 0 bridgehead atoms. The van der Waals surface area contributed by atoms with Crippen molar-refractivity contribution >= 4 is 47.6 Å². The molecular formula is C41H51N5O12. The van der Waals surface area contributed by atoms with Crippen LogP contribution < -0.4 is 10.6 Å². The van der Waals surface area contributed by atoms with E-state index in [1.165, 1.54) is 23.6 Å². The van der Waals surface area contributed by atoms with Gasteiger partial charge in [0.1, 0.15) is 36.9 Å². The summed E-state index contributed by atoms with van der Waals surface area (Å²) in [4.78, 5) is 109. The van der Waals surface area contributed by atoms with E-state index in [0.29, 0.717) is 43.2 Å². The van der Waals surface area contributed by atoms with Gasteiger partial charge in [0, 0.05) is 25.2 Å². The van der Waals surface area contributed by atoms with Crippen LogP contribution in [0.1, 0.15) is 75.2 Å². The van der Waals surface area contributed by atoms with Crippen LogP contribution >= 0.6 is 0 Å². The van der Waals surface area contributed by atoms with Crippen molar-refractivity contribution in [3.8, 4) is 0 Å². The molecule has 2 aromatic carbocycles. The molecule has 0 spiro atoms. The smallest absolute Gasteiger partial charge is 0.408 e. The number of esters is 2. The van der Waals surface area contributed by atoms with Crippen molar-refractivity contribution < 1.29 is 57.7 Å². The lowest BCUT2D eigenvalue weighted by molar-refractivity contribution is -0.163. The summed E-state index contributed by atoms with van der Waals surface area (Å²) in [6.07, 6.45) is -0.823. The highest BCUT2D eigenvalue weighted by Gasteiger charge is 2.44. The van der Waals surface area contributed by atoms with Crippen LogP contribution in [0.3, 0.4) is 0 Å². The lowest BCUT2D eigenvalue weighted by atomic mass is 9.99. The number of hydrogen-bond donors (Lipinski definition) is 3. The highest BCUT2D eigenvalue weighted by atomic mass is 16.6. The summed E-state index contributed by atoms with van der Waals surface area (Å²) < 4.78 is 16.3. The van der Waals surface area contributed by atoms with Crippen molar-refractivity contribution in [2.45, 2.75) is 102 Å². The van der Waals surface area contributed by atoms with E-state index in [1.807, 2.05) is 6.92 Å². The molecule has 3 fully saturated rings. The SMILES string of the molecule is C[C@H]1C[C@@H](C(=O)O[C@@H](C)[C@H](NC(=O)OCc2ccccc2)C(=O)OCC(=O)c2ccccc2)N(C(=O)[C@H](C)NC(=O)[C@@H]2CCCCN2C(=O)[C@@H]2CCCN2C(=O)O)C1. The van der Waals surface area contributed by atoms with E-state index in [9.17, 15) is 43.5 Å². The minimum absolute atomic E-state index is 0.125. The number of carbonyl (C=O) groups is 8. The maximum absolute atomic E-state index is 13.9. The third kappa shape index (κ3) is 10.9. The van der Waals surface area contributed by atoms with E-state index in [0.717, 1.165) is 4.90 Å². The summed E-state index contributed by atoms with van der Waals surface area (Å²) in [5.74, 6) is -4.16. The Morgan fingerprint density at radius 3 is 2.12 bits per heavy atom.